The quantitative estimate of drug-likeness (QED) is 0.878. The third-order valence-electron chi connectivity index (χ3n) is 2.77. The van der Waals surface area contributed by atoms with Crippen molar-refractivity contribution < 1.29 is 8.42 Å². The van der Waals surface area contributed by atoms with Crippen LogP contribution in [0.15, 0.2) is 24.5 Å². The second-order valence-electron chi connectivity index (χ2n) is 4.89. The highest BCUT2D eigenvalue weighted by Crippen LogP contribution is 2.19. The van der Waals surface area contributed by atoms with Crippen molar-refractivity contribution in [2.24, 2.45) is 0 Å². The fraction of sp³-hybridized carbons (Fsp3) is 0.417. The number of benzene rings is 1. The summed E-state index contributed by atoms with van der Waals surface area (Å²) < 4.78 is 24.1. The van der Waals surface area contributed by atoms with E-state index in [1.54, 1.807) is 4.68 Å². The molecule has 8 heteroatoms. The molecule has 2 aromatic rings. The molecule has 0 saturated carbocycles. The van der Waals surface area contributed by atoms with Gasteiger partial charge in [-0.25, -0.2) is 13.1 Å². The standard InChI is InChI=1S/C12H17N5O2S/c1-9-4-5-11(14-10(2)7-20(3,18)19)6-12(9)17-8-13-15-16-17/h4-6,8,10,14H,7H2,1-3H3. The first-order valence-electron chi connectivity index (χ1n) is 6.13. The van der Waals surface area contributed by atoms with E-state index in [2.05, 4.69) is 20.8 Å². The topological polar surface area (TPSA) is 89.8 Å². The average Bonchev–Trinajstić information content (AvgIpc) is 2.82. The molecule has 0 spiro atoms. The fourth-order valence-electron chi connectivity index (χ4n) is 2.00. The largest absolute Gasteiger partial charge is 0.382 e. The highest BCUT2D eigenvalue weighted by atomic mass is 32.2. The van der Waals surface area contributed by atoms with Crippen LogP contribution in [0.2, 0.25) is 0 Å². The van der Waals surface area contributed by atoms with Crippen molar-refractivity contribution in [3.63, 3.8) is 0 Å². The Morgan fingerprint density at radius 2 is 2.15 bits per heavy atom. The van der Waals surface area contributed by atoms with E-state index in [9.17, 15) is 8.42 Å². The molecule has 7 nitrogen and oxygen atoms in total. The number of anilines is 1. The number of nitrogens with one attached hydrogen (secondary N) is 1. The maximum Gasteiger partial charge on any atom is 0.149 e. The van der Waals surface area contributed by atoms with E-state index in [-0.39, 0.29) is 11.8 Å². The zero-order chi connectivity index (χ0) is 14.8. The van der Waals surface area contributed by atoms with Crippen LogP contribution in [0.1, 0.15) is 12.5 Å². The number of aryl methyl sites for hydroxylation is 1. The number of sulfone groups is 1. The monoisotopic (exact) mass is 295 g/mol. The van der Waals surface area contributed by atoms with Gasteiger partial charge in [0.25, 0.3) is 0 Å². The minimum absolute atomic E-state index is 0.0844. The van der Waals surface area contributed by atoms with Crippen LogP contribution in [0.25, 0.3) is 5.69 Å². The number of hydrogen-bond donors (Lipinski definition) is 1. The maximum absolute atomic E-state index is 11.3. The van der Waals surface area contributed by atoms with Gasteiger partial charge in [0.15, 0.2) is 0 Å². The van der Waals surface area contributed by atoms with Gasteiger partial charge in [-0.3, -0.25) is 0 Å². The summed E-state index contributed by atoms with van der Waals surface area (Å²) in [5.74, 6) is 0.0844. The Hall–Kier alpha value is -1.96. The smallest absolute Gasteiger partial charge is 0.149 e. The number of tetrazole rings is 1. The summed E-state index contributed by atoms with van der Waals surface area (Å²) in [5.41, 5.74) is 2.71. The molecule has 20 heavy (non-hydrogen) atoms. The second kappa shape index (κ2) is 5.58. The molecule has 1 aromatic carbocycles. The van der Waals surface area contributed by atoms with Crippen LogP contribution in [0.3, 0.4) is 0 Å². The van der Waals surface area contributed by atoms with E-state index >= 15 is 0 Å². The van der Waals surface area contributed by atoms with Crippen LogP contribution >= 0.6 is 0 Å². The van der Waals surface area contributed by atoms with E-state index in [1.165, 1.54) is 12.6 Å². The van der Waals surface area contributed by atoms with E-state index in [0.29, 0.717) is 0 Å². The Kier molecular flexibility index (Phi) is 4.03. The zero-order valence-electron chi connectivity index (χ0n) is 11.6. The second-order valence-corrected chi connectivity index (χ2v) is 7.08. The third kappa shape index (κ3) is 3.77. The van der Waals surface area contributed by atoms with Crippen molar-refractivity contribution in [1.29, 1.82) is 0 Å². The molecule has 0 amide bonds. The molecule has 0 bridgehead atoms. The Labute approximate surface area is 117 Å². The van der Waals surface area contributed by atoms with Crippen LogP contribution in [0.4, 0.5) is 5.69 Å². The molecular formula is C12H17N5O2S. The molecule has 1 N–H and O–H groups in total. The molecule has 1 unspecified atom stereocenters. The highest BCUT2D eigenvalue weighted by Gasteiger charge is 2.11. The first kappa shape index (κ1) is 14.4. The van der Waals surface area contributed by atoms with Crippen molar-refractivity contribution >= 4 is 15.5 Å². The summed E-state index contributed by atoms with van der Waals surface area (Å²) in [4.78, 5) is 0. The fourth-order valence-corrected chi connectivity index (χ4v) is 2.99. The Morgan fingerprint density at radius 3 is 2.75 bits per heavy atom. The van der Waals surface area contributed by atoms with Gasteiger partial charge >= 0.3 is 0 Å². The van der Waals surface area contributed by atoms with Gasteiger partial charge in [-0.05, 0) is 42.0 Å². The maximum atomic E-state index is 11.3. The van der Waals surface area contributed by atoms with Gasteiger partial charge in [0.05, 0.1) is 11.4 Å². The van der Waals surface area contributed by atoms with Gasteiger partial charge < -0.3 is 5.32 Å². The molecule has 0 radical (unpaired) electrons. The zero-order valence-corrected chi connectivity index (χ0v) is 12.4. The summed E-state index contributed by atoms with van der Waals surface area (Å²) in [6.45, 7) is 3.79. The molecule has 0 fully saturated rings. The van der Waals surface area contributed by atoms with Crippen LogP contribution in [0.5, 0.6) is 0 Å². The average molecular weight is 295 g/mol. The first-order valence-corrected chi connectivity index (χ1v) is 8.19. The molecule has 1 heterocycles. The number of hydrogen-bond acceptors (Lipinski definition) is 6. The van der Waals surface area contributed by atoms with Crippen LogP contribution in [-0.2, 0) is 9.84 Å². The van der Waals surface area contributed by atoms with Crippen molar-refractivity contribution in [3.8, 4) is 5.69 Å². The SMILES string of the molecule is Cc1ccc(NC(C)CS(C)(=O)=O)cc1-n1cnnn1. The summed E-state index contributed by atoms with van der Waals surface area (Å²) >= 11 is 0. The molecular weight excluding hydrogens is 278 g/mol. The number of rotatable bonds is 5. The van der Waals surface area contributed by atoms with Gasteiger partial charge in [-0.1, -0.05) is 6.07 Å². The molecule has 2 rings (SSSR count). The molecule has 108 valence electrons. The number of aromatic nitrogens is 4. The van der Waals surface area contributed by atoms with E-state index in [1.807, 2.05) is 32.0 Å². The number of nitrogens with zero attached hydrogens (tertiary/aromatic N) is 4. The van der Waals surface area contributed by atoms with E-state index in [4.69, 9.17) is 0 Å². The minimum Gasteiger partial charge on any atom is -0.382 e. The molecule has 1 atom stereocenters. The minimum atomic E-state index is -3.01. The van der Waals surface area contributed by atoms with E-state index in [0.717, 1.165) is 16.9 Å². The summed E-state index contributed by atoms with van der Waals surface area (Å²) in [7, 11) is -3.01. The van der Waals surface area contributed by atoms with E-state index < -0.39 is 9.84 Å². The van der Waals surface area contributed by atoms with Gasteiger partial charge in [-0.2, -0.15) is 0 Å². The van der Waals surface area contributed by atoms with Crippen molar-refractivity contribution in [2.75, 3.05) is 17.3 Å². The van der Waals surface area contributed by atoms with Crippen LogP contribution in [0, 0.1) is 6.92 Å². The molecule has 0 aliphatic carbocycles. The lowest BCUT2D eigenvalue weighted by Crippen LogP contribution is -2.25. The molecule has 0 aliphatic rings. The predicted octanol–water partition coefficient (Wildman–Crippen LogP) is 0.816. The summed E-state index contributed by atoms with van der Waals surface area (Å²) in [6.07, 6.45) is 2.75. The molecule has 0 aliphatic heterocycles. The Bertz CT molecular complexity index is 682. The summed E-state index contributed by atoms with van der Waals surface area (Å²) in [5, 5.41) is 14.2. The summed E-state index contributed by atoms with van der Waals surface area (Å²) in [6, 6.07) is 5.56. The lowest BCUT2D eigenvalue weighted by atomic mass is 10.1. The van der Waals surface area contributed by atoms with Crippen LogP contribution in [-0.4, -0.2) is 46.7 Å². The molecule has 1 aromatic heterocycles. The van der Waals surface area contributed by atoms with Gasteiger partial charge in [0, 0.05) is 18.0 Å². The normalized spacial score (nSPS) is 13.2. The van der Waals surface area contributed by atoms with Crippen molar-refractivity contribution in [2.45, 2.75) is 19.9 Å². The van der Waals surface area contributed by atoms with Crippen LogP contribution < -0.4 is 5.32 Å². The first-order chi connectivity index (χ1) is 9.35. The van der Waals surface area contributed by atoms with Gasteiger partial charge in [0.2, 0.25) is 0 Å². The Morgan fingerprint density at radius 1 is 1.40 bits per heavy atom. The van der Waals surface area contributed by atoms with Crippen molar-refractivity contribution in [3.05, 3.63) is 30.1 Å². The van der Waals surface area contributed by atoms with Gasteiger partial charge in [0.1, 0.15) is 16.2 Å². The lowest BCUT2D eigenvalue weighted by molar-refractivity contribution is 0.598. The Balaban J connectivity index is 2.20. The third-order valence-corrected chi connectivity index (χ3v) is 3.88. The molecule has 0 saturated heterocycles. The van der Waals surface area contributed by atoms with Gasteiger partial charge in [-0.15, -0.1) is 5.10 Å². The lowest BCUT2D eigenvalue weighted by Gasteiger charge is -2.15. The highest BCUT2D eigenvalue weighted by molar-refractivity contribution is 7.90. The predicted molar refractivity (Wildman–Crippen MR) is 76.7 cm³/mol. The van der Waals surface area contributed by atoms with Crippen molar-refractivity contribution in [1.82, 2.24) is 20.2 Å².